The maximum absolute atomic E-state index is 3.91. The first-order valence-corrected chi connectivity index (χ1v) is 3.14. The van der Waals surface area contributed by atoms with Gasteiger partial charge < -0.3 is 0 Å². The SMILES string of the molecule is Cc1cc2cccn2nn1. The Bertz CT molecular complexity index is 350. The summed E-state index contributed by atoms with van der Waals surface area (Å²) in [7, 11) is 0. The lowest BCUT2D eigenvalue weighted by Gasteiger charge is -1.91. The van der Waals surface area contributed by atoms with Crippen LogP contribution >= 0.6 is 0 Å². The number of nitrogens with zero attached hydrogens (tertiary/aromatic N) is 3. The zero-order chi connectivity index (χ0) is 6.97. The smallest absolute Gasteiger partial charge is 0.0682 e. The van der Waals surface area contributed by atoms with E-state index < -0.39 is 0 Å². The van der Waals surface area contributed by atoms with E-state index in [1.807, 2.05) is 31.3 Å². The van der Waals surface area contributed by atoms with Gasteiger partial charge in [-0.2, -0.15) is 0 Å². The van der Waals surface area contributed by atoms with Gasteiger partial charge in [0.1, 0.15) is 0 Å². The van der Waals surface area contributed by atoms with Crippen LogP contribution in [0.1, 0.15) is 5.69 Å². The van der Waals surface area contributed by atoms with E-state index in [1.54, 1.807) is 4.52 Å². The second kappa shape index (κ2) is 1.80. The molecule has 0 aromatic carbocycles. The Kier molecular flexibility index (Phi) is 0.974. The molecule has 50 valence electrons. The minimum Gasteiger partial charge on any atom is -0.222 e. The summed E-state index contributed by atoms with van der Waals surface area (Å²) in [6, 6.07) is 5.94. The van der Waals surface area contributed by atoms with Crippen LogP contribution in [0, 0.1) is 6.92 Å². The third-order valence-electron chi connectivity index (χ3n) is 1.41. The first-order chi connectivity index (χ1) is 4.86. The first-order valence-electron chi connectivity index (χ1n) is 3.14. The van der Waals surface area contributed by atoms with E-state index >= 15 is 0 Å². The zero-order valence-electron chi connectivity index (χ0n) is 5.65. The maximum atomic E-state index is 3.91. The fraction of sp³-hybridized carbons (Fsp3) is 0.143. The lowest BCUT2D eigenvalue weighted by molar-refractivity contribution is 0.792. The fourth-order valence-corrected chi connectivity index (χ4v) is 0.943. The summed E-state index contributed by atoms with van der Waals surface area (Å²) in [5.74, 6) is 0. The summed E-state index contributed by atoms with van der Waals surface area (Å²) in [5.41, 5.74) is 2.04. The number of hydrogen-bond acceptors (Lipinski definition) is 2. The molecule has 2 aromatic rings. The van der Waals surface area contributed by atoms with Crippen LogP contribution in [0.2, 0.25) is 0 Å². The van der Waals surface area contributed by atoms with Crippen molar-refractivity contribution in [2.45, 2.75) is 6.92 Å². The highest BCUT2D eigenvalue weighted by molar-refractivity contribution is 5.45. The summed E-state index contributed by atoms with van der Waals surface area (Å²) < 4.78 is 1.74. The molecule has 3 heteroatoms. The molecule has 10 heavy (non-hydrogen) atoms. The highest BCUT2D eigenvalue weighted by Crippen LogP contribution is 2.01. The number of rotatable bonds is 0. The molecule has 0 atom stereocenters. The van der Waals surface area contributed by atoms with Gasteiger partial charge in [0.15, 0.2) is 0 Å². The summed E-state index contributed by atoms with van der Waals surface area (Å²) in [4.78, 5) is 0. The van der Waals surface area contributed by atoms with Crippen molar-refractivity contribution in [3.8, 4) is 0 Å². The molecule has 0 aliphatic carbocycles. The van der Waals surface area contributed by atoms with Crippen molar-refractivity contribution in [2.75, 3.05) is 0 Å². The van der Waals surface area contributed by atoms with E-state index in [-0.39, 0.29) is 0 Å². The predicted molar refractivity (Wildman–Crippen MR) is 37.7 cm³/mol. The quantitative estimate of drug-likeness (QED) is 0.537. The summed E-state index contributed by atoms with van der Waals surface area (Å²) in [6.07, 6.45) is 1.88. The van der Waals surface area contributed by atoms with Gasteiger partial charge in [0.25, 0.3) is 0 Å². The van der Waals surface area contributed by atoms with Gasteiger partial charge in [-0.25, -0.2) is 4.52 Å². The van der Waals surface area contributed by atoms with Gasteiger partial charge in [-0.3, -0.25) is 0 Å². The minimum atomic E-state index is 0.950. The molecule has 0 spiro atoms. The van der Waals surface area contributed by atoms with Gasteiger partial charge in [0.05, 0.1) is 11.2 Å². The standard InChI is InChI=1S/C7H7N3/c1-6-5-7-3-2-4-10(7)9-8-6/h2-5H,1H3. The molecule has 0 fully saturated rings. The Morgan fingerprint density at radius 2 is 2.40 bits per heavy atom. The number of hydrogen-bond donors (Lipinski definition) is 0. The summed E-state index contributed by atoms with van der Waals surface area (Å²) in [6.45, 7) is 1.93. The van der Waals surface area contributed by atoms with Crippen LogP contribution < -0.4 is 0 Å². The zero-order valence-corrected chi connectivity index (χ0v) is 5.65. The minimum absolute atomic E-state index is 0.950. The van der Waals surface area contributed by atoms with Gasteiger partial charge in [-0.1, -0.05) is 5.21 Å². The highest BCUT2D eigenvalue weighted by atomic mass is 15.4. The second-order valence-electron chi connectivity index (χ2n) is 2.25. The van der Waals surface area contributed by atoms with Crippen LogP contribution in [0.3, 0.4) is 0 Å². The second-order valence-corrected chi connectivity index (χ2v) is 2.25. The molecule has 2 heterocycles. The predicted octanol–water partition coefficient (Wildman–Crippen LogP) is 1.04. The van der Waals surface area contributed by atoms with Crippen LogP contribution in [-0.2, 0) is 0 Å². The highest BCUT2D eigenvalue weighted by Gasteiger charge is 1.91. The molecule has 0 aliphatic rings. The Morgan fingerprint density at radius 1 is 1.50 bits per heavy atom. The molecular formula is C7H7N3. The van der Waals surface area contributed by atoms with Gasteiger partial charge in [-0.15, -0.1) is 5.10 Å². The van der Waals surface area contributed by atoms with E-state index in [2.05, 4.69) is 10.3 Å². The van der Waals surface area contributed by atoms with Gasteiger partial charge in [0.2, 0.25) is 0 Å². The topological polar surface area (TPSA) is 30.2 Å². The van der Waals surface area contributed by atoms with Crippen LogP contribution in [0.4, 0.5) is 0 Å². The van der Waals surface area contributed by atoms with Gasteiger partial charge in [-0.05, 0) is 25.1 Å². The molecule has 0 unspecified atom stereocenters. The van der Waals surface area contributed by atoms with E-state index in [9.17, 15) is 0 Å². The molecule has 0 saturated carbocycles. The first kappa shape index (κ1) is 5.41. The van der Waals surface area contributed by atoms with E-state index in [0.29, 0.717) is 0 Å². The largest absolute Gasteiger partial charge is 0.222 e. The lowest BCUT2D eigenvalue weighted by Crippen LogP contribution is -1.93. The van der Waals surface area contributed by atoms with Gasteiger partial charge in [0, 0.05) is 6.20 Å². The Hall–Kier alpha value is -1.38. The van der Waals surface area contributed by atoms with Gasteiger partial charge >= 0.3 is 0 Å². The molecule has 2 aromatic heterocycles. The number of fused-ring (bicyclic) bond motifs is 1. The van der Waals surface area contributed by atoms with Crippen molar-refractivity contribution in [3.63, 3.8) is 0 Å². The number of aromatic nitrogens is 3. The normalized spacial score (nSPS) is 10.5. The Morgan fingerprint density at radius 3 is 3.30 bits per heavy atom. The molecule has 2 rings (SSSR count). The molecule has 0 radical (unpaired) electrons. The summed E-state index contributed by atoms with van der Waals surface area (Å²) in [5, 5.41) is 7.80. The third-order valence-corrected chi connectivity index (χ3v) is 1.41. The van der Waals surface area contributed by atoms with Crippen LogP contribution in [0.15, 0.2) is 24.4 Å². The van der Waals surface area contributed by atoms with Crippen molar-refractivity contribution in [2.24, 2.45) is 0 Å². The van der Waals surface area contributed by atoms with Crippen molar-refractivity contribution in [1.29, 1.82) is 0 Å². The van der Waals surface area contributed by atoms with E-state index in [0.717, 1.165) is 11.2 Å². The fourth-order valence-electron chi connectivity index (χ4n) is 0.943. The van der Waals surface area contributed by atoms with Crippen molar-refractivity contribution < 1.29 is 0 Å². The molecule has 0 aliphatic heterocycles. The maximum Gasteiger partial charge on any atom is 0.0682 e. The molecule has 3 nitrogen and oxygen atoms in total. The Labute approximate surface area is 58.3 Å². The van der Waals surface area contributed by atoms with Crippen molar-refractivity contribution in [1.82, 2.24) is 14.8 Å². The summed E-state index contributed by atoms with van der Waals surface area (Å²) >= 11 is 0. The van der Waals surface area contributed by atoms with Crippen molar-refractivity contribution in [3.05, 3.63) is 30.1 Å². The van der Waals surface area contributed by atoms with Crippen LogP contribution in [0.5, 0.6) is 0 Å². The monoisotopic (exact) mass is 133 g/mol. The van der Waals surface area contributed by atoms with E-state index in [4.69, 9.17) is 0 Å². The van der Waals surface area contributed by atoms with E-state index in [1.165, 1.54) is 0 Å². The molecule has 0 N–H and O–H groups in total. The average molecular weight is 133 g/mol. The molecule has 0 bridgehead atoms. The van der Waals surface area contributed by atoms with Crippen LogP contribution in [0.25, 0.3) is 5.52 Å². The third kappa shape index (κ3) is 0.673. The molecule has 0 saturated heterocycles. The van der Waals surface area contributed by atoms with Crippen molar-refractivity contribution >= 4 is 5.52 Å². The molecule has 0 amide bonds. The number of aryl methyl sites for hydroxylation is 1. The lowest BCUT2D eigenvalue weighted by atomic mass is 10.4. The molecular weight excluding hydrogens is 126 g/mol. The Balaban J connectivity index is 2.86. The average Bonchev–Trinajstić information content (AvgIpc) is 2.33. The van der Waals surface area contributed by atoms with Crippen LogP contribution in [-0.4, -0.2) is 14.8 Å².